The van der Waals surface area contributed by atoms with Crippen LogP contribution in [0.25, 0.3) is 0 Å². The van der Waals surface area contributed by atoms with Crippen molar-refractivity contribution < 1.29 is 14.6 Å². The Morgan fingerprint density at radius 3 is 2.84 bits per heavy atom. The SMILES string of the molecule is Cc1ncsc1CNCc1cc2c(cc1O)OCO2. The van der Waals surface area contributed by atoms with Crippen molar-refractivity contribution in [2.45, 2.75) is 20.0 Å². The molecule has 19 heavy (non-hydrogen) atoms. The van der Waals surface area contributed by atoms with E-state index in [-0.39, 0.29) is 12.5 Å². The summed E-state index contributed by atoms with van der Waals surface area (Å²) in [5, 5.41) is 13.2. The Bertz CT molecular complexity index is 598. The molecule has 0 fully saturated rings. The fourth-order valence-electron chi connectivity index (χ4n) is 1.92. The minimum Gasteiger partial charge on any atom is -0.507 e. The molecule has 0 amide bonds. The van der Waals surface area contributed by atoms with Crippen LogP contribution in [0.5, 0.6) is 17.2 Å². The van der Waals surface area contributed by atoms with Gasteiger partial charge in [-0.25, -0.2) is 4.98 Å². The predicted molar refractivity (Wildman–Crippen MR) is 71.6 cm³/mol. The molecule has 0 aliphatic carbocycles. The van der Waals surface area contributed by atoms with E-state index in [1.807, 2.05) is 18.5 Å². The van der Waals surface area contributed by atoms with Crippen molar-refractivity contribution in [1.82, 2.24) is 10.3 Å². The number of nitrogens with one attached hydrogen (secondary N) is 1. The zero-order chi connectivity index (χ0) is 13.2. The number of aromatic hydroxyl groups is 1. The average molecular weight is 278 g/mol. The maximum Gasteiger partial charge on any atom is 0.231 e. The van der Waals surface area contributed by atoms with E-state index in [0.29, 0.717) is 18.0 Å². The number of nitrogens with zero attached hydrogens (tertiary/aromatic N) is 1. The summed E-state index contributed by atoms with van der Waals surface area (Å²) >= 11 is 1.63. The van der Waals surface area contributed by atoms with E-state index in [9.17, 15) is 5.11 Å². The molecule has 5 nitrogen and oxygen atoms in total. The molecular formula is C13H14N2O3S. The fourth-order valence-corrected chi connectivity index (χ4v) is 2.67. The Kier molecular flexibility index (Phi) is 3.27. The lowest BCUT2D eigenvalue weighted by atomic mass is 10.1. The maximum absolute atomic E-state index is 9.90. The number of thiazole rings is 1. The first-order valence-corrected chi connectivity index (χ1v) is 6.83. The van der Waals surface area contributed by atoms with Gasteiger partial charge in [-0.2, -0.15) is 0 Å². The van der Waals surface area contributed by atoms with Crippen molar-refractivity contribution in [2.75, 3.05) is 6.79 Å². The van der Waals surface area contributed by atoms with Crippen LogP contribution >= 0.6 is 11.3 Å². The van der Waals surface area contributed by atoms with Gasteiger partial charge in [0.15, 0.2) is 11.5 Å². The second-order valence-corrected chi connectivity index (χ2v) is 5.24. The first kappa shape index (κ1) is 12.3. The van der Waals surface area contributed by atoms with Crippen molar-refractivity contribution in [3.05, 3.63) is 33.8 Å². The van der Waals surface area contributed by atoms with Crippen LogP contribution in [0.15, 0.2) is 17.6 Å². The van der Waals surface area contributed by atoms with Crippen LogP contribution in [0.2, 0.25) is 0 Å². The second kappa shape index (κ2) is 5.07. The number of rotatable bonds is 4. The highest BCUT2D eigenvalue weighted by Crippen LogP contribution is 2.37. The molecule has 100 valence electrons. The monoisotopic (exact) mass is 278 g/mol. The molecule has 2 heterocycles. The fraction of sp³-hybridized carbons (Fsp3) is 0.308. The van der Waals surface area contributed by atoms with Crippen molar-refractivity contribution in [3.8, 4) is 17.2 Å². The first-order valence-electron chi connectivity index (χ1n) is 5.95. The highest BCUT2D eigenvalue weighted by molar-refractivity contribution is 7.09. The summed E-state index contributed by atoms with van der Waals surface area (Å²) in [6, 6.07) is 3.40. The van der Waals surface area contributed by atoms with Gasteiger partial charge in [0.2, 0.25) is 6.79 Å². The minimum atomic E-state index is 0.214. The Morgan fingerprint density at radius 2 is 2.11 bits per heavy atom. The number of aromatic nitrogens is 1. The maximum atomic E-state index is 9.90. The summed E-state index contributed by atoms with van der Waals surface area (Å²) in [6.45, 7) is 3.52. The number of ether oxygens (including phenoxy) is 2. The summed E-state index contributed by atoms with van der Waals surface area (Å²) in [4.78, 5) is 5.41. The molecule has 2 aromatic rings. The van der Waals surface area contributed by atoms with Gasteiger partial charge in [-0.05, 0) is 13.0 Å². The Balaban J connectivity index is 1.66. The molecule has 1 aliphatic rings. The molecule has 0 saturated carbocycles. The van der Waals surface area contributed by atoms with Crippen molar-refractivity contribution in [2.24, 2.45) is 0 Å². The first-order chi connectivity index (χ1) is 9.24. The van der Waals surface area contributed by atoms with Gasteiger partial charge in [0.05, 0.1) is 11.2 Å². The Hall–Kier alpha value is -1.79. The molecule has 6 heteroatoms. The van der Waals surface area contributed by atoms with Gasteiger partial charge in [0.1, 0.15) is 5.75 Å². The molecule has 0 atom stereocenters. The average Bonchev–Trinajstić information content (AvgIpc) is 2.99. The molecule has 2 N–H and O–H groups in total. The van der Waals surface area contributed by atoms with Crippen LogP contribution in [0, 0.1) is 6.92 Å². The van der Waals surface area contributed by atoms with E-state index in [0.717, 1.165) is 17.8 Å². The molecule has 1 aliphatic heterocycles. The van der Waals surface area contributed by atoms with E-state index in [1.54, 1.807) is 17.4 Å². The van der Waals surface area contributed by atoms with Crippen LogP contribution in [0.3, 0.4) is 0 Å². The van der Waals surface area contributed by atoms with E-state index < -0.39 is 0 Å². The van der Waals surface area contributed by atoms with Gasteiger partial charge in [0, 0.05) is 29.6 Å². The molecule has 0 spiro atoms. The van der Waals surface area contributed by atoms with Crippen molar-refractivity contribution in [3.63, 3.8) is 0 Å². The molecule has 0 radical (unpaired) electrons. The number of hydrogen-bond acceptors (Lipinski definition) is 6. The quantitative estimate of drug-likeness (QED) is 0.897. The van der Waals surface area contributed by atoms with Gasteiger partial charge < -0.3 is 19.9 Å². The standard InChI is InChI=1S/C13H14N2O3S/c1-8-13(19-6-15-8)5-14-4-9-2-11-12(3-10(9)16)18-7-17-11/h2-3,6,14,16H,4-5,7H2,1H3. The molecule has 0 bridgehead atoms. The van der Waals surface area contributed by atoms with Crippen LogP contribution in [0.1, 0.15) is 16.1 Å². The smallest absolute Gasteiger partial charge is 0.231 e. The largest absolute Gasteiger partial charge is 0.507 e. The summed E-state index contributed by atoms with van der Waals surface area (Å²) in [6.07, 6.45) is 0. The second-order valence-electron chi connectivity index (χ2n) is 4.30. The zero-order valence-corrected chi connectivity index (χ0v) is 11.3. The third kappa shape index (κ3) is 2.50. The Labute approximate surface area is 114 Å². The number of fused-ring (bicyclic) bond motifs is 1. The third-order valence-electron chi connectivity index (χ3n) is 3.02. The lowest BCUT2D eigenvalue weighted by Crippen LogP contribution is -2.12. The number of phenolic OH excluding ortho intramolecular Hbond substituents is 1. The summed E-state index contributed by atoms with van der Waals surface area (Å²) in [5.74, 6) is 1.50. The van der Waals surface area contributed by atoms with Crippen LogP contribution in [-0.2, 0) is 13.1 Å². The normalized spacial score (nSPS) is 12.9. The lowest BCUT2D eigenvalue weighted by molar-refractivity contribution is 0.174. The Morgan fingerprint density at radius 1 is 1.32 bits per heavy atom. The van der Waals surface area contributed by atoms with E-state index in [4.69, 9.17) is 9.47 Å². The van der Waals surface area contributed by atoms with Crippen LogP contribution in [0.4, 0.5) is 0 Å². The highest BCUT2D eigenvalue weighted by atomic mass is 32.1. The number of hydrogen-bond donors (Lipinski definition) is 2. The van der Waals surface area contributed by atoms with Crippen molar-refractivity contribution in [1.29, 1.82) is 0 Å². The minimum absolute atomic E-state index is 0.214. The van der Waals surface area contributed by atoms with Gasteiger partial charge in [0.25, 0.3) is 0 Å². The summed E-state index contributed by atoms with van der Waals surface area (Å²) < 4.78 is 10.5. The zero-order valence-electron chi connectivity index (χ0n) is 10.5. The van der Waals surface area contributed by atoms with Crippen LogP contribution < -0.4 is 14.8 Å². The third-order valence-corrected chi connectivity index (χ3v) is 3.95. The van der Waals surface area contributed by atoms with Gasteiger partial charge in [-0.1, -0.05) is 0 Å². The number of benzene rings is 1. The summed E-state index contributed by atoms with van der Waals surface area (Å²) in [5.41, 5.74) is 3.68. The molecule has 1 aromatic carbocycles. The molecule has 3 rings (SSSR count). The molecular weight excluding hydrogens is 264 g/mol. The molecule has 1 aromatic heterocycles. The number of aryl methyl sites for hydroxylation is 1. The van der Waals surface area contributed by atoms with Gasteiger partial charge in [-0.3, -0.25) is 0 Å². The van der Waals surface area contributed by atoms with Crippen LogP contribution in [-0.4, -0.2) is 16.9 Å². The highest BCUT2D eigenvalue weighted by Gasteiger charge is 2.16. The molecule has 0 unspecified atom stereocenters. The predicted octanol–water partition coefficient (Wildman–Crippen LogP) is 2.18. The van der Waals surface area contributed by atoms with E-state index >= 15 is 0 Å². The van der Waals surface area contributed by atoms with Crippen molar-refractivity contribution >= 4 is 11.3 Å². The number of phenols is 1. The molecule has 0 saturated heterocycles. The van der Waals surface area contributed by atoms with E-state index in [2.05, 4.69) is 10.3 Å². The van der Waals surface area contributed by atoms with E-state index in [1.165, 1.54) is 4.88 Å². The van der Waals surface area contributed by atoms with Gasteiger partial charge in [-0.15, -0.1) is 11.3 Å². The lowest BCUT2D eigenvalue weighted by Gasteiger charge is -2.07. The summed E-state index contributed by atoms with van der Waals surface area (Å²) in [7, 11) is 0. The topological polar surface area (TPSA) is 63.6 Å². The van der Waals surface area contributed by atoms with Gasteiger partial charge >= 0.3 is 0 Å².